The highest BCUT2D eigenvalue weighted by Gasteiger charge is 2.23. The van der Waals surface area contributed by atoms with Gasteiger partial charge in [0.15, 0.2) is 0 Å². The van der Waals surface area contributed by atoms with Crippen LogP contribution in [0, 0.1) is 0 Å². The van der Waals surface area contributed by atoms with Crippen LogP contribution in [0.4, 0.5) is 0 Å². The monoisotopic (exact) mass is 204 g/mol. The van der Waals surface area contributed by atoms with Crippen LogP contribution in [-0.4, -0.2) is 52.8 Å². The molecule has 3 atom stereocenters. The molecular weight excluding hydrogens is 184 g/mol. The van der Waals surface area contributed by atoms with Crippen LogP contribution >= 0.6 is 0 Å². The summed E-state index contributed by atoms with van der Waals surface area (Å²) in [7, 11) is -0.674. The van der Waals surface area contributed by atoms with E-state index >= 15 is 0 Å². The molecule has 4 heteroatoms. The van der Waals surface area contributed by atoms with Crippen LogP contribution in [0.3, 0.4) is 0 Å². The number of rotatable bonds is 3. The highest BCUT2D eigenvalue weighted by Crippen LogP contribution is 2.08. The maximum atomic E-state index is 11.1. The van der Waals surface area contributed by atoms with Gasteiger partial charge in [0.25, 0.3) is 0 Å². The zero-order valence-electron chi connectivity index (χ0n) is 8.75. The Morgan fingerprint density at radius 2 is 2.38 bits per heavy atom. The van der Waals surface area contributed by atoms with E-state index in [0.717, 1.165) is 25.4 Å². The van der Waals surface area contributed by atoms with Crippen LogP contribution in [0.1, 0.15) is 13.8 Å². The molecule has 0 bridgehead atoms. The summed E-state index contributed by atoms with van der Waals surface area (Å²) in [5.74, 6) is 0.796. The predicted molar refractivity (Wildman–Crippen MR) is 57.4 cm³/mol. The molecule has 13 heavy (non-hydrogen) atoms. The van der Waals surface area contributed by atoms with E-state index in [1.54, 1.807) is 6.26 Å². The fourth-order valence-electron chi connectivity index (χ4n) is 1.95. The van der Waals surface area contributed by atoms with E-state index < -0.39 is 10.8 Å². The van der Waals surface area contributed by atoms with Crippen LogP contribution in [0.15, 0.2) is 0 Å². The highest BCUT2D eigenvalue weighted by molar-refractivity contribution is 7.84. The summed E-state index contributed by atoms with van der Waals surface area (Å²) in [6, 6.07) is 1.02. The van der Waals surface area contributed by atoms with Crippen molar-refractivity contribution < 1.29 is 4.21 Å². The molecule has 1 N–H and O–H groups in total. The van der Waals surface area contributed by atoms with Gasteiger partial charge in [-0.15, -0.1) is 0 Å². The predicted octanol–water partition coefficient (Wildman–Crippen LogP) is 0.0471. The first-order valence-electron chi connectivity index (χ1n) is 4.87. The summed E-state index contributed by atoms with van der Waals surface area (Å²) in [5, 5.41) is 3.36. The first-order chi connectivity index (χ1) is 6.11. The van der Waals surface area contributed by atoms with E-state index in [2.05, 4.69) is 24.1 Å². The van der Waals surface area contributed by atoms with Gasteiger partial charge in [-0.25, -0.2) is 0 Å². The first-order valence-corrected chi connectivity index (χ1v) is 6.60. The van der Waals surface area contributed by atoms with E-state index in [4.69, 9.17) is 0 Å². The minimum absolute atomic E-state index is 0.447. The third kappa shape index (κ3) is 3.37. The molecule has 0 aromatic heterocycles. The minimum atomic E-state index is -0.674. The van der Waals surface area contributed by atoms with Gasteiger partial charge in [-0.2, -0.15) is 0 Å². The van der Waals surface area contributed by atoms with Crippen molar-refractivity contribution >= 4 is 10.8 Å². The Bertz CT molecular complexity index is 186. The molecule has 0 radical (unpaired) electrons. The van der Waals surface area contributed by atoms with Crippen LogP contribution in [0.5, 0.6) is 0 Å². The average Bonchev–Trinajstić information content (AvgIpc) is 2.03. The normalized spacial score (nSPS) is 29.9. The molecular formula is C9H20N2OS. The molecule has 1 saturated heterocycles. The average molecular weight is 204 g/mol. The Morgan fingerprint density at radius 3 is 2.92 bits per heavy atom. The zero-order valence-corrected chi connectivity index (χ0v) is 9.56. The topological polar surface area (TPSA) is 32.3 Å². The second-order valence-corrected chi connectivity index (χ2v) is 5.36. The van der Waals surface area contributed by atoms with Crippen LogP contribution in [0.25, 0.3) is 0 Å². The molecule has 1 rings (SSSR count). The van der Waals surface area contributed by atoms with Gasteiger partial charge in [0, 0.05) is 54.5 Å². The van der Waals surface area contributed by atoms with Crippen molar-refractivity contribution in [1.82, 2.24) is 10.2 Å². The summed E-state index contributed by atoms with van der Waals surface area (Å²) in [4.78, 5) is 2.44. The molecule has 0 spiro atoms. The molecule has 1 aliphatic rings. The molecule has 0 aromatic rings. The van der Waals surface area contributed by atoms with Crippen LogP contribution < -0.4 is 5.32 Å². The molecule has 1 aliphatic heterocycles. The van der Waals surface area contributed by atoms with Crippen LogP contribution in [-0.2, 0) is 10.8 Å². The maximum Gasteiger partial charge on any atom is 0.0385 e. The summed E-state index contributed by atoms with van der Waals surface area (Å²) in [5.41, 5.74) is 0. The molecule has 1 heterocycles. The van der Waals surface area contributed by atoms with Gasteiger partial charge in [0.1, 0.15) is 0 Å². The Hall–Kier alpha value is 0.0700. The lowest BCUT2D eigenvalue weighted by Crippen LogP contribution is -2.54. The Morgan fingerprint density at radius 1 is 1.69 bits per heavy atom. The molecule has 78 valence electrons. The number of piperazine rings is 1. The van der Waals surface area contributed by atoms with Gasteiger partial charge in [0.2, 0.25) is 0 Å². The smallest absolute Gasteiger partial charge is 0.0385 e. The quantitative estimate of drug-likeness (QED) is 0.705. The zero-order chi connectivity index (χ0) is 9.84. The van der Waals surface area contributed by atoms with Crippen molar-refractivity contribution in [2.45, 2.75) is 25.9 Å². The van der Waals surface area contributed by atoms with Crippen molar-refractivity contribution in [2.75, 3.05) is 31.6 Å². The Labute approximate surface area is 83.3 Å². The van der Waals surface area contributed by atoms with Crippen molar-refractivity contribution in [3.63, 3.8) is 0 Å². The fourth-order valence-corrected chi connectivity index (χ4v) is 2.82. The first kappa shape index (κ1) is 11.1. The molecule has 3 unspecified atom stereocenters. The summed E-state index contributed by atoms with van der Waals surface area (Å²) >= 11 is 0. The lowest BCUT2D eigenvalue weighted by molar-refractivity contribution is 0.137. The second-order valence-electron chi connectivity index (χ2n) is 3.88. The standard InChI is InChI=1S/C9H20N2OS/c1-8-6-10-4-5-11(8)9(2)7-13(3)12/h8-10H,4-7H2,1-3H3. The van der Waals surface area contributed by atoms with E-state index in [-0.39, 0.29) is 0 Å². The van der Waals surface area contributed by atoms with Gasteiger partial charge in [-0.05, 0) is 13.8 Å². The van der Waals surface area contributed by atoms with Crippen molar-refractivity contribution in [2.24, 2.45) is 0 Å². The van der Waals surface area contributed by atoms with Crippen LogP contribution in [0.2, 0.25) is 0 Å². The van der Waals surface area contributed by atoms with E-state index in [9.17, 15) is 4.21 Å². The molecule has 3 nitrogen and oxygen atoms in total. The summed E-state index contributed by atoms with van der Waals surface area (Å²) in [6.45, 7) is 7.59. The van der Waals surface area contributed by atoms with Crippen molar-refractivity contribution in [3.05, 3.63) is 0 Å². The number of hydrogen-bond donors (Lipinski definition) is 1. The third-order valence-electron chi connectivity index (χ3n) is 2.59. The Kier molecular flexibility index (Phi) is 4.35. The summed E-state index contributed by atoms with van der Waals surface area (Å²) < 4.78 is 11.1. The fraction of sp³-hybridized carbons (Fsp3) is 1.00. The highest BCUT2D eigenvalue weighted by atomic mass is 32.2. The van der Waals surface area contributed by atoms with Crippen molar-refractivity contribution in [1.29, 1.82) is 0 Å². The lowest BCUT2D eigenvalue weighted by Gasteiger charge is -2.38. The summed E-state index contributed by atoms with van der Waals surface area (Å²) in [6.07, 6.45) is 1.78. The van der Waals surface area contributed by atoms with Gasteiger partial charge in [-0.3, -0.25) is 9.11 Å². The minimum Gasteiger partial charge on any atom is -0.314 e. The van der Waals surface area contributed by atoms with E-state index in [1.807, 2.05) is 0 Å². The lowest BCUT2D eigenvalue weighted by atomic mass is 10.2. The molecule has 0 amide bonds. The maximum absolute atomic E-state index is 11.1. The number of nitrogens with one attached hydrogen (secondary N) is 1. The third-order valence-corrected chi connectivity index (χ3v) is 3.55. The molecule has 0 saturated carbocycles. The van der Waals surface area contributed by atoms with Gasteiger partial charge in [-0.1, -0.05) is 0 Å². The number of hydrogen-bond acceptors (Lipinski definition) is 3. The van der Waals surface area contributed by atoms with Gasteiger partial charge < -0.3 is 5.32 Å². The molecule has 0 aromatic carbocycles. The van der Waals surface area contributed by atoms with Gasteiger partial charge >= 0.3 is 0 Å². The van der Waals surface area contributed by atoms with Crippen molar-refractivity contribution in [3.8, 4) is 0 Å². The second kappa shape index (κ2) is 5.08. The van der Waals surface area contributed by atoms with E-state index in [1.165, 1.54) is 0 Å². The van der Waals surface area contributed by atoms with Gasteiger partial charge in [0.05, 0.1) is 0 Å². The number of nitrogens with zero attached hydrogens (tertiary/aromatic N) is 1. The largest absolute Gasteiger partial charge is 0.314 e. The van der Waals surface area contributed by atoms with E-state index in [0.29, 0.717) is 12.1 Å². The SMILES string of the molecule is CC1CNCCN1C(C)CS(C)=O. The molecule has 0 aliphatic carbocycles. The molecule has 1 fully saturated rings. The Balaban J connectivity index is 2.43.